The van der Waals surface area contributed by atoms with E-state index in [4.69, 9.17) is 16.0 Å². The zero-order valence-electron chi connectivity index (χ0n) is 7.73. The third kappa shape index (κ3) is 1.51. The van der Waals surface area contributed by atoms with Gasteiger partial charge >= 0.3 is 0 Å². The first-order valence-corrected chi connectivity index (χ1v) is 4.56. The predicted octanol–water partition coefficient (Wildman–Crippen LogP) is 1.58. The first-order chi connectivity index (χ1) is 7.50. The molecule has 6 heteroatoms. The van der Waals surface area contributed by atoms with Crippen LogP contribution in [0.1, 0.15) is 10.4 Å². The molecule has 16 heavy (non-hydrogen) atoms. The van der Waals surface area contributed by atoms with E-state index in [1.165, 1.54) is 0 Å². The van der Waals surface area contributed by atoms with Gasteiger partial charge in [-0.1, -0.05) is 0 Å². The molecule has 0 saturated carbocycles. The number of rotatable bonds is 1. The maximum Gasteiger partial charge on any atom is 0.259 e. The number of aromatic hydroxyl groups is 2. The molecule has 5 nitrogen and oxygen atoms in total. The maximum absolute atomic E-state index is 11.7. The lowest BCUT2D eigenvalue weighted by Gasteiger charge is -2.01. The fourth-order valence-electron chi connectivity index (χ4n) is 1.29. The number of hydrogen-bond acceptors (Lipinski definition) is 5. The van der Waals surface area contributed by atoms with Gasteiger partial charge in [-0.3, -0.25) is 9.59 Å². The Labute approximate surface area is 93.5 Å². The number of benzene rings is 1. The van der Waals surface area contributed by atoms with E-state index >= 15 is 0 Å². The molecule has 0 saturated heterocycles. The Hall–Kier alpha value is -2.01. The Morgan fingerprint density at radius 3 is 2.50 bits per heavy atom. The molecular formula is C10H5ClO5. The van der Waals surface area contributed by atoms with Crippen LogP contribution in [0.15, 0.2) is 27.6 Å². The summed E-state index contributed by atoms with van der Waals surface area (Å²) in [6.45, 7) is 0. The second-order valence-corrected chi connectivity index (χ2v) is 3.43. The largest absolute Gasteiger partial charge is 0.504 e. The lowest BCUT2D eigenvalue weighted by molar-refractivity contribution is 0.107. The van der Waals surface area contributed by atoms with Gasteiger partial charge in [0.1, 0.15) is 17.4 Å². The molecule has 2 aromatic rings. The summed E-state index contributed by atoms with van der Waals surface area (Å²) in [4.78, 5) is 22.5. The first-order valence-electron chi connectivity index (χ1n) is 4.18. The van der Waals surface area contributed by atoms with Gasteiger partial charge in [0, 0.05) is 6.07 Å². The monoisotopic (exact) mass is 240 g/mol. The van der Waals surface area contributed by atoms with Crippen molar-refractivity contribution in [2.45, 2.75) is 0 Å². The minimum absolute atomic E-state index is 0.0261. The van der Waals surface area contributed by atoms with Crippen LogP contribution in [-0.2, 0) is 0 Å². The average molecular weight is 241 g/mol. The predicted molar refractivity (Wildman–Crippen MR) is 56.0 cm³/mol. The summed E-state index contributed by atoms with van der Waals surface area (Å²) in [6.07, 6.45) is 0.913. The molecule has 0 aliphatic heterocycles. The van der Waals surface area contributed by atoms with Crippen molar-refractivity contribution in [1.29, 1.82) is 0 Å². The molecule has 0 fully saturated rings. The van der Waals surface area contributed by atoms with E-state index in [0.717, 1.165) is 18.4 Å². The Balaban J connectivity index is 2.90. The molecule has 0 aliphatic rings. The molecule has 0 atom stereocenters. The molecular weight excluding hydrogens is 236 g/mol. The van der Waals surface area contributed by atoms with Crippen molar-refractivity contribution in [3.05, 3.63) is 34.2 Å². The molecule has 1 heterocycles. The Morgan fingerprint density at radius 2 is 1.88 bits per heavy atom. The quantitative estimate of drug-likeness (QED) is 0.584. The molecule has 0 bridgehead atoms. The zero-order valence-corrected chi connectivity index (χ0v) is 8.49. The molecule has 82 valence electrons. The lowest BCUT2D eigenvalue weighted by atomic mass is 10.1. The number of carbonyl (C=O) groups is 1. The average Bonchev–Trinajstić information content (AvgIpc) is 2.21. The highest BCUT2D eigenvalue weighted by Gasteiger charge is 2.14. The summed E-state index contributed by atoms with van der Waals surface area (Å²) in [6, 6.07) is 2.09. The van der Waals surface area contributed by atoms with Crippen LogP contribution in [-0.4, -0.2) is 15.5 Å². The third-order valence-electron chi connectivity index (χ3n) is 2.08. The van der Waals surface area contributed by atoms with Crippen molar-refractivity contribution in [1.82, 2.24) is 0 Å². The smallest absolute Gasteiger partial charge is 0.259 e. The van der Waals surface area contributed by atoms with Gasteiger partial charge in [-0.05, 0) is 17.7 Å². The Bertz CT molecular complexity index is 643. The van der Waals surface area contributed by atoms with Crippen molar-refractivity contribution in [2.75, 3.05) is 0 Å². The van der Waals surface area contributed by atoms with Gasteiger partial charge < -0.3 is 14.6 Å². The maximum atomic E-state index is 11.7. The van der Waals surface area contributed by atoms with Crippen molar-refractivity contribution in [3.63, 3.8) is 0 Å². The highest BCUT2D eigenvalue weighted by atomic mass is 35.5. The van der Waals surface area contributed by atoms with Crippen LogP contribution in [0.2, 0.25) is 0 Å². The van der Waals surface area contributed by atoms with E-state index in [-0.39, 0.29) is 16.5 Å². The molecule has 1 aromatic carbocycles. The Kier molecular flexibility index (Phi) is 2.32. The summed E-state index contributed by atoms with van der Waals surface area (Å²) in [5.74, 6) is -0.889. The van der Waals surface area contributed by atoms with E-state index in [0.29, 0.717) is 0 Å². The van der Waals surface area contributed by atoms with Gasteiger partial charge in [0.2, 0.25) is 5.43 Å². The summed E-state index contributed by atoms with van der Waals surface area (Å²) < 4.78 is 4.94. The summed E-state index contributed by atoms with van der Waals surface area (Å²) in [7, 11) is 0. The normalized spacial score (nSPS) is 10.6. The zero-order chi connectivity index (χ0) is 11.9. The molecule has 0 unspecified atom stereocenters. The van der Waals surface area contributed by atoms with E-state index in [1.807, 2.05) is 0 Å². The first kappa shape index (κ1) is 10.5. The Morgan fingerprint density at radius 1 is 1.25 bits per heavy atom. The topological polar surface area (TPSA) is 87.7 Å². The molecule has 0 aliphatic carbocycles. The highest BCUT2D eigenvalue weighted by molar-refractivity contribution is 6.67. The molecule has 0 amide bonds. The minimum Gasteiger partial charge on any atom is -0.504 e. The van der Waals surface area contributed by atoms with Crippen LogP contribution in [0, 0.1) is 0 Å². The molecule has 1 aromatic heterocycles. The standard InChI is InChI=1S/C10H5ClO5/c11-10(15)5-3-16-8-2-7(13)6(12)1-4(8)9(5)14/h1-3,12-13H. The van der Waals surface area contributed by atoms with Crippen LogP contribution < -0.4 is 5.43 Å². The number of fused-ring (bicyclic) bond motifs is 1. The van der Waals surface area contributed by atoms with Gasteiger partial charge in [0.25, 0.3) is 5.24 Å². The molecule has 0 radical (unpaired) electrons. The number of phenolic OH excluding ortho intramolecular Hbond substituents is 2. The van der Waals surface area contributed by atoms with Gasteiger partial charge in [0.05, 0.1) is 5.39 Å². The second kappa shape index (κ2) is 3.53. The lowest BCUT2D eigenvalue weighted by Crippen LogP contribution is -2.10. The van der Waals surface area contributed by atoms with Crippen molar-refractivity contribution < 1.29 is 19.4 Å². The molecule has 2 N–H and O–H groups in total. The van der Waals surface area contributed by atoms with Crippen LogP contribution in [0.4, 0.5) is 0 Å². The van der Waals surface area contributed by atoms with Gasteiger partial charge in [0.15, 0.2) is 11.5 Å². The number of phenols is 2. The summed E-state index contributed by atoms with van der Waals surface area (Å²) in [5, 5.41) is 17.4. The number of carbonyl (C=O) groups excluding carboxylic acids is 1. The van der Waals surface area contributed by atoms with Gasteiger partial charge in [-0.2, -0.15) is 0 Å². The van der Waals surface area contributed by atoms with Gasteiger partial charge in [-0.15, -0.1) is 0 Å². The van der Waals surface area contributed by atoms with Gasteiger partial charge in [-0.25, -0.2) is 0 Å². The van der Waals surface area contributed by atoms with E-state index in [9.17, 15) is 19.8 Å². The van der Waals surface area contributed by atoms with Crippen LogP contribution in [0.5, 0.6) is 11.5 Å². The fourth-order valence-corrected chi connectivity index (χ4v) is 1.42. The molecule has 0 spiro atoms. The molecule has 2 rings (SSSR count). The minimum atomic E-state index is -0.941. The van der Waals surface area contributed by atoms with E-state index in [2.05, 4.69) is 0 Å². The number of halogens is 1. The van der Waals surface area contributed by atoms with Crippen molar-refractivity contribution >= 4 is 27.8 Å². The van der Waals surface area contributed by atoms with Crippen molar-refractivity contribution in [3.8, 4) is 11.5 Å². The fraction of sp³-hybridized carbons (Fsp3) is 0. The second-order valence-electron chi connectivity index (χ2n) is 3.09. The van der Waals surface area contributed by atoms with Crippen LogP contribution >= 0.6 is 11.6 Å². The third-order valence-corrected chi connectivity index (χ3v) is 2.29. The van der Waals surface area contributed by atoms with E-state index < -0.39 is 22.2 Å². The SMILES string of the molecule is O=C(Cl)c1coc2cc(O)c(O)cc2c1=O. The number of hydrogen-bond donors (Lipinski definition) is 2. The van der Waals surface area contributed by atoms with Crippen LogP contribution in [0.25, 0.3) is 11.0 Å². The highest BCUT2D eigenvalue weighted by Crippen LogP contribution is 2.28. The van der Waals surface area contributed by atoms with Crippen molar-refractivity contribution in [2.24, 2.45) is 0 Å². The summed E-state index contributed by atoms with van der Waals surface area (Å²) in [5.41, 5.74) is -0.919. The summed E-state index contributed by atoms with van der Waals surface area (Å²) >= 11 is 5.17. The van der Waals surface area contributed by atoms with E-state index in [1.54, 1.807) is 0 Å². The van der Waals surface area contributed by atoms with Crippen LogP contribution in [0.3, 0.4) is 0 Å².